The molecule has 0 spiro atoms. The van der Waals surface area contributed by atoms with Gasteiger partial charge in [0.05, 0.1) is 23.4 Å². The number of rotatable bonds is 9. The summed E-state index contributed by atoms with van der Waals surface area (Å²) in [6.07, 6.45) is 1.72. The number of carbonyl (C=O) groups is 1. The zero-order chi connectivity index (χ0) is 20.1. The molecule has 28 heavy (non-hydrogen) atoms. The van der Waals surface area contributed by atoms with Crippen molar-refractivity contribution in [2.75, 3.05) is 18.2 Å². The molecule has 0 bridgehead atoms. The molecule has 1 saturated carbocycles. The Labute approximate surface area is 170 Å². The first-order valence-corrected chi connectivity index (χ1v) is 11.6. The third kappa shape index (κ3) is 5.73. The number of amides is 1. The predicted octanol–water partition coefficient (Wildman–Crippen LogP) is 3.32. The molecule has 2 aromatic carbocycles. The van der Waals surface area contributed by atoms with Gasteiger partial charge in [-0.1, -0.05) is 29.8 Å². The molecule has 0 aliphatic heterocycles. The molecule has 0 saturated heterocycles. The minimum Gasteiger partial charge on any atom is -0.495 e. The van der Waals surface area contributed by atoms with Gasteiger partial charge in [-0.05, 0) is 43.5 Å². The number of anilines is 1. The fraction of sp³-hybridized carbons (Fsp3) is 0.350. The van der Waals surface area contributed by atoms with Gasteiger partial charge in [-0.25, -0.2) is 13.1 Å². The Morgan fingerprint density at radius 2 is 2.00 bits per heavy atom. The Hall–Kier alpha value is -2.03. The van der Waals surface area contributed by atoms with Gasteiger partial charge in [0.15, 0.2) is 0 Å². The van der Waals surface area contributed by atoms with Gasteiger partial charge in [-0.3, -0.25) is 4.79 Å². The summed E-state index contributed by atoms with van der Waals surface area (Å²) in [4.78, 5) is 12.4. The number of nitrogens with one attached hydrogen (secondary N) is 2. The van der Waals surface area contributed by atoms with Crippen LogP contribution in [0.1, 0.15) is 24.0 Å². The number of methoxy groups -OCH3 is 1. The van der Waals surface area contributed by atoms with Crippen molar-refractivity contribution in [3.8, 4) is 5.75 Å². The van der Waals surface area contributed by atoms with Gasteiger partial charge in [0.25, 0.3) is 0 Å². The van der Waals surface area contributed by atoms with E-state index in [-0.39, 0.29) is 22.6 Å². The summed E-state index contributed by atoms with van der Waals surface area (Å²) in [7, 11) is -2.12. The maximum absolute atomic E-state index is 12.4. The fourth-order valence-corrected chi connectivity index (χ4v) is 4.80. The van der Waals surface area contributed by atoms with Crippen molar-refractivity contribution in [3.63, 3.8) is 0 Å². The van der Waals surface area contributed by atoms with Gasteiger partial charge in [0.2, 0.25) is 15.9 Å². The molecule has 8 heteroatoms. The van der Waals surface area contributed by atoms with Crippen LogP contribution in [0.2, 0.25) is 0 Å². The molecule has 0 atom stereocenters. The molecule has 0 radical (unpaired) electrons. The average molecular weight is 421 g/mol. The van der Waals surface area contributed by atoms with E-state index in [4.69, 9.17) is 4.74 Å². The number of carbonyl (C=O) groups excluding carboxylic acids is 1. The van der Waals surface area contributed by atoms with E-state index in [1.807, 2.05) is 25.1 Å². The molecule has 3 rings (SSSR count). The van der Waals surface area contributed by atoms with E-state index >= 15 is 0 Å². The van der Waals surface area contributed by atoms with Gasteiger partial charge in [-0.2, -0.15) is 0 Å². The Balaban J connectivity index is 1.63. The highest BCUT2D eigenvalue weighted by Crippen LogP contribution is 2.29. The lowest BCUT2D eigenvalue weighted by Gasteiger charge is -2.13. The molecule has 0 heterocycles. The second kappa shape index (κ2) is 8.98. The number of hydrogen-bond acceptors (Lipinski definition) is 5. The van der Waals surface area contributed by atoms with Gasteiger partial charge in [0, 0.05) is 11.8 Å². The highest BCUT2D eigenvalue weighted by molar-refractivity contribution is 7.99. The molecule has 2 N–H and O–H groups in total. The number of hydrogen-bond donors (Lipinski definition) is 2. The number of thioether (sulfide) groups is 1. The van der Waals surface area contributed by atoms with Crippen LogP contribution in [-0.2, 0) is 20.6 Å². The second-order valence-corrected chi connectivity index (χ2v) is 9.49. The van der Waals surface area contributed by atoms with Crippen molar-refractivity contribution in [1.29, 1.82) is 0 Å². The summed E-state index contributed by atoms with van der Waals surface area (Å²) in [6, 6.07) is 12.6. The summed E-state index contributed by atoms with van der Waals surface area (Å²) in [5.41, 5.74) is 2.70. The molecule has 1 fully saturated rings. The molecule has 0 aromatic heterocycles. The Morgan fingerprint density at radius 1 is 1.21 bits per heavy atom. The average Bonchev–Trinajstić information content (AvgIpc) is 3.45. The second-order valence-electron chi connectivity index (χ2n) is 6.79. The summed E-state index contributed by atoms with van der Waals surface area (Å²) in [5, 5.41) is 2.76. The smallest absolute Gasteiger partial charge is 0.240 e. The molecule has 0 unspecified atom stereocenters. The normalized spacial score (nSPS) is 13.9. The van der Waals surface area contributed by atoms with Crippen LogP contribution in [-0.4, -0.2) is 33.2 Å². The lowest BCUT2D eigenvalue weighted by atomic mass is 10.2. The summed E-state index contributed by atoms with van der Waals surface area (Å²) in [5.74, 6) is 1.20. The number of sulfonamides is 1. The van der Waals surface area contributed by atoms with Crippen molar-refractivity contribution in [1.82, 2.24) is 4.72 Å². The van der Waals surface area contributed by atoms with E-state index in [0.717, 1.165) is 24.2 Å². The van der Waals surface area contributed by atoms with Crippen molar-refractivity contribution in [2.24, 2.45) is 0 Å². The SMILES string of the molecule is COc1ccc(S(=O)(=O)NC2CC2)cc1NC(=O)CSCc1cccc(C)c1. The van der Waals surface area contributed by atoms with Crippen LogP contribution in [0.15, 0.2) is 47.4 Å². The zero-order valence-corrected chi connectivity index (χ0v) is 17.5. The van der Waals surface area contributed by atoms with E-state index in [9.17, 15) is 13.2 Å². The topological polar surface area (TPSA) is 84.5 Å². The van der Waals surface area contributed by atoms with Gasteiger partial charge in [-0.15, -0.1) is 11.8 Å². The van der Waals surface area contributed by atoms with Crippen LogP contribution in [0.4, 0.5) is 5.69 Å². The molecule has 1 amide bonds. The van der Waals surface area contributed by atoms with Gasteiger partial charge in [0.1, 0.15) is 5.75 Å². The standard InChI is InChI=1S/C20H24N2O4S2/c1-14-4-3-5-15(10-14)12-27-13-20(23)21-18-11-17(8-9-19(18)26-2)28(24,25)22-16-6-7-16/h3-5,8-11,16,22H,6-7,12-13H2,1-2H3,(H,21,23). The van der Waals surface area contributed by atoms with Crippen LogP contribution in [0.3, 0.4) is 0 Å². The lowest BCUT2D eigenvalue weighted by Crippen LogP contribution is -2.26. The van der Waals surface area contributed by atoms with E-state index < -0.39 is 10.0 Å². The number of aryl methyl sites for hydroxylation is 1. The van der Waals surface area contributed by atoms with Crippen molar-refractivity contribution in [2.45, 2.75) is 36.5 Å². The molecular formula is C20H24N2O4S2. The number of benzene rings is 2. The fourth-order valence-electron chi connectivity index (χ4n) is 2.69. The molecule has 150 valence electrons. The Kier molecular flexibility index (Phi) is 6.64. The van der Waals surface area contributed by atoms with Crippen molar-refractivity contribution >= 4 is 33.4 Å². The predicted molar refractivity (Wildman–Crippen MR) is 112 cm³/mol. The molecule has 1 aliphatic rings. The van der Waals surface area contributed by atoms with Crippen molar-refractivity contribution in [3.05, 3.63) is 53.6 Å². The first-order chi connectivity index (χ1) is 13.4. The maximum atomic E-state index is 12.4. The monoisotopic (exact) mass is 420 g/mol. The van der Waals surface area contributed by atoms with E-state index in [1.165, 1.54) is 36.6 Å². The largest absolute Gasteiger partial charge is 0.495 e. The molecule has 2 aromatic rings. The number of ether oxygens (including phenoxy) is 1. The first kappa shape index (κ1) is 20.7. The van der Waals surface area contributed by atoms with E-state index in [2.05, 4.69) is 16.1 Å². The quantitative estimate of drug-likeness (QED) is 0.650. The minimum absolute atomic E-state index is 0.0168. The van der Waals surface area contributed by atoms with E-state index in [1.54, 1.807) is 6.07 Å². The highest BCUT2D eigenvalue weighted by atomic mass is 32.2. The lowest BCUT2D eigenvalue weighted by molar-refractivity contribution is -0.113. The van der Waals surface area contributed by atoms with Gasteiger partial charge >= 0.3 is 0 Å². The zero-order valence-electron chi connectivity index (χ0n) is 15.9. The highest BCUT2D eigenvalue weighted by Gasteiger charge is 2.28. The Morgan fingerprint density at radius 3 is 2.68 bits per heavy atom. The summed E-state index contributed by atoms with van der Waals surface area (Å²) < 4.78 is 32.7. The van der Waals surface area contributed by atoms with Crippen LogP contribution in [0.25, 0.3) is 0 Å². The van der Waals surface area contributed by atoms with Crippen molar-refractivity contribution < 1.29 is 17.9 Å². The van der Waals surface area contributed by atoms with Crippen LogP contribution >= 0.6 is 11.8 Å². The summed E-state index contributed by atoms with van der Waals surface area (Å²) in [6.45, 7) is 2.03. The molecule has 1 aliphatic carbocycles. The third-order valence-corrected chi connectivity index (χ3v) is 6.76. The summed E-state index contributed by atoms with van der Waals surface area (Å²) >= 11 is 1.50. The van der Waals surface area contributed by atoms with Gasteiger partial charge < -0.3 is 10.1 Å². The van der Waals surface area contributed by atoms with E-state index in [0.29, 0.717) is 11.4 Å². The minimum atomic E-state index is -3.60. The molecular weight excluding hydrogens is 396 g/mol. The maximum Gasteiger partial charge on any atom is 0.240 e. The van der Waals surface area contributed by atoms with Crippen LogP contribution in [0, 0.1) is 6.92 Å². The Bertz CT molecular complexity index is 956. The van der Waals surface area contributed by atoms with Crippen LogP contribution in [0.5, 0.6) is 5.75 Å². The third-order valence-electron chi connectivity index (χ3n) is 4.24. The molecule has 6 nitrogen and oxygen atoms in total. The first-order valence-electron chi connectivity index (χ1n) is 9.01. The van der Waals surface area contributed by atoms with Crippen LogP contribution < -0.4 is 14.8 Å².